The third-order valence-corrected chi connectivity index (χ3v) is 3.50. The second-order valence-electron chi connectivity index (χ2n) is 3.82. The van der Waals surface area contributed by atoms with Gasteiger partial charge in [-0.3, -0.25) is 0 Å². The topological polar surface area (TPSA) is 77.4 Å². The Morgan fingerprint density at radius 3 is 2.00 bits per heavy atom. The first-order valence-electron chi connectivity index (χ1n) is 5.09. The Bertz CT molecular complexity index is 441. The summed E-state index contributed by atoms with van der Waals surface area (Å²) >= 11 is 0. The maximum atomic E-state index is 10.6. The Hall–Kier alpha value is 0.0900. The molecule has 0 radical (unpaired) electrons. The van der Waals surface area contributed by atoms with Crippen LogP contribution in [0.1, 0.15) is 42.7 Å². The molecular formula is C11H15NaO4S. The van der Waals surface area contributed by atoms with Crippen LogP contribution in [0, 0.1) is 0 Å². The summed E-state index contributed by atoms with van der Waals surface area (Å²) in [6.45, 7) is 4.10. The van der Waals surface area contributed by atoms with Crippen molar-refractivity contribution < 1.29 is 47.6 Å². The molecule has 1 rings (SSSR count). The molecule has 1 N–H and O–H groups in total. The number of hydrogen-bond donors (Lipinski definition) is 1. The van der Waals surface area contributed by atoms with Crippen LogP contribution >= 0.6 is 0 Å². The summed E-state index contributed by atoms with van der Waals surface area (Å²) in [5.74, 6) is 0.370. The fourth-order valence-corrected chi connectivity index (χ4v) is 1.88. The van der Waals surface area contributed by atoms with Crippen LogP contribution in [0.15, 0.2) is 24.3 Å². The molecule has 6 heteroatoms. The number of aliphatic hydroxyl groups is 1. The van der Waals surface area contributed by atoms with Gasteiger partial charge in [0.05, 0.1) is 0 Å². The molecule has 0 fully saturated rings. The van der Waals surface area contributed by atoms with Crippen molar-refractivity contribution in [1.29, 1.82) is 0 Å². The van der Waals surface area contributed by atoms with Crippen molar-refractivity contribution in [3.63, 3.8) is 0 Å². The van der Waals surface area contributed by atoms with Crippen LogP contribution in [0.2, 0.25) is 0 Å². The first-order valence-corrected chi connectivity index (χ1v) is 6.56. The van der Waals surface area contributed by atoms with E-state index in [2.05, 4.69) is 13.8 Å². The third kappa shape index (κ3) is 4.69. The van der Waals surface area contributed by atoms with Crippen LogP contribution in [-0.2, 0) is 10.1 Å². The predicted octanol–water partition coefficient (Wildman–Crippen LogP) is -1.26. The van der Waals surface area contributed by atoms with Crippen molar-refractivity contribution in [1.82, 2.24) is 0 Å². The van der Waals surface area contributed by atoms with Crippen molar-refractivity contribution in [3.05, 3.63) is 35.4 Å². The van der Waals surface area contributed by atoms with Crippen molar-refractivity contribution >= 4 is 10.1 Å². The van der Waals surface area contributed by atoms with Gasteiger partial charge >= 0.3 is 29.6 Å². The molecular weight excluding hydrogens is 251 g/mol. The Morgan fingerprint density at radius 1 is 1.24 bits per heavy atom. The van der Waals surface area contributed by atoms with Gasteiger partial charge in [0.1, 0.15) is 10.1 Å². The molecule has 17 heavy (non-hydrogen) atoms. The summed E-state index contributed by atoms with van der Waals surface area (Å²) in [5.41, 5.74) is -0.803. The van der Waals surface area contributed by atoms with Gasteiger partial charge in [0, 0.05) is 0 Å². The zero-order chi connectivity index (χ0) is 12.3. The van der Waals surface area contributed by atoms with E-state index in [4.69, 9.17) is 0 Å². The molecule has 0 aromatic heterocycles. The summed E-state index contributed by atoms with van der Waals surface area (Å²) in [6, 6.07) is 6.42. The van der Waals surface area contributed by atoms with Crippen LogP contribution in [0.5, 0.6) is 0 Å². The Balaban J connectivity index is 0.00000256. The average molecular weight is 266 g/mol. The Kier molecular flexibility index (Phi) is 6.91. The predicted molar refractivity (Wildman–Crippen MR) is 59.8 cm³/mol. The summed E-state index contributed by atoms with van der Waals surface area (Å²) in [4.78, 5) is 0. The number of aliphatic hydroxyl groups excluding tert-OH is 1. The second-order valence-corrected chi connectivity index (χ2v) is 5.25. The van der Waals surface area contributed by atoms with E-state index in [1.165, 1.54) is 12.1 Å². The zero-order valence-corrected chi connectivity index (χ0v) is 13.1. The zero-order valence-electron chi connectivity index (χ0n) is 10.3. The van der Waals surface area contributed by atoms with Gasteiger partial charge in [-0.2, -0.15) is 0 Å². The molecule has 0 amide bonds. The van der Waals surface area contributed by atoms with Crippen molar-refractivity contribution in [2.24, 2.45) is 0 Å². The Morgan fingerprint density at radius 2 is 1.65 bits per heavy atom. The maximum Gasteiger partial charge on any atom is 1.00 e. The van der Waals surface area contributed by atoms with Gasteiger partial charge < -0.3 is 9.66 Å². The molecule has 4 nitrogen and oxygen atoms in total. The van der Waals surface area contributed by atoms with E-state index in [-0.39, 0.29) is 35.1 Å². The van der Waals surface area contributed by atoms with E-state index in [1.54, 1.807) is 12.1 Å². The third-order valence-electron chi connectivity index (χ3n) is 2.68. The number of hydrogen-bond acceptors (Lipinski definition) is 4. The first-order chi connectivity index (χ1) is 7.36. The molecule has 0 saturated carbocycles. The van der Waals surface area contributed by atoms with Gasteiger partial charge in [0.15, 0.2) is 5.44 Å². The Labute approximate surface area is 124 Å². The molecule has 0 aliphatic rings. The summed E-state index contributed by atoms with van der Waals surface area (Å²) in [5, 5.41) is 9.24. The van der Waals surface area contributed by atoms with Crippen molar-refractivity contribution in [2.75, 3.05) is 0 Å². The minimum Gasteiger partial charge on any atom is -0.746 e. The fourth-order valence-electron chi connectivity index (χ4n) is 1.39. The standard InChI is InChI=1S/C11H16O4S.Na/c1-3-8(2)9-4-6-10(7-5-9)11(12)16(13,14)15;/h4-8,11-12H,3H2,1-2H3,(H,13,14,15);/q;+1/p-1. The first kappa shape index (κ1) is 17.1. The molecule has 0 bridgehead atoms. The van der Waals surface area contributed by atoms with Gasteiger partial charge in [-0.15, -0.1) is 0 Å². The maximum absolute atomic E-state index is 10.6. The quantitative estimate of drug-likeness (QED) is 0.545. The van der Waals surface area contributed by atoms with Crippen LogP contribution < -0.4 is 29.6 Å². The van der Waals surface area contributed by atoms with Crippen molar-refractivity contribution in [2.45, 2.75) is 31.6 Å². The van der Waals surface area contributed by atoms with Gasteiger partial charge in [0.25, 0.3) is 0 Å². The van der Waals surface area contributed by atoms with Crippen molar-refractivity contribution in [3.8, 4) is 0 Å². The minimum atomic E-state index is -4.69. The minimum absolute atomic E-state index is 0. The van der Waals surface area contributed by atoms with E-state index < -0.39 is 15.6 Å². The summed E-state index contributed by atoms with van der Waals surface area (Å²) < 4.78 is 31.8. The van der Waals surface area contributed by atoms with Gasteiger partial charge in [-0.25, -0.2) is 8.42 Å². The van der Waals surface area contributed by atoms with Crippen LogP contribution in [0.25, 0.3) is 0 Å². The smallest absolute Gasteiger partial charge is 0.746 e. The molecule has 0 heterocycles. The second kappa shape index (κ2) is 6.87. The van der Waals surface area contributed by atoms with E-state index in [0.29, 0.717) is 5.92 Å². The van der Waals surface area contributed by atoms with Crippen LogP contribution in [0.3, 0.4) is 0 Å². The van der Waals surface area contributed by atoms with E-state index >= 15 is 0 Å². The molecule has 90 valence electrons. The molecule has 0 aliphatic heterocycles. The van der Waals surface area contributed by atoms with E-state index in [0.717, 1.165) is 12.0 Å². The normalized spacial score (nSPS) is 14.8. The van der Waals surface area contributed by atoms with Gasteiger partial charge in [-0.05, 0) is 23.5 Å². The average Bonchev–Trinajstić information content (AvgIpc) is 2.26. The molecule has 1 aromatic rings. The number of rotatable bonds is 4. The van der Waals surface area contributed by atoms with Gasteiger partial charge in [0.2, 0.25) is 0 Å². The summed E-state index contributed by atoms with van der Waals surface area (Å²) in [6.07, 6.45) is 0.974. The van der Waals surface area contributed by atoms with Crippen LogP contribution in [0.4, 0.5) is 0 Å². The SMILES string of the molecule is CCC(C)c1ccc(C(O)S(=O)(=O)[O-])cc1.[Na+]. The molecule has 0 aliphatic carbocycles. The molecule has 1 aromatic carbocycles. The fraction of sp³-hybridized carbons (Fsp3) is 0.455. The molecule has 2 atom stereocenters. The van der Waals surface area contributed by atoms with E-state index in [1.807, 2.05) is 0 Å². The largest absolute Gasteiger partial charge is 1.00 e. The molecule has 0 saturated heterocycles. The summed E-state index contributed by atoms with van der Waals surface area (Å²) in [7, 11) is -4.69. The van der Waals surface area contributed by atoms with Gasteiger partial charge in [-0.1, -0.05) is 38.1 Å². The molecule has 2 unspecified atom stereocenters. The molecule has 0 spiro atoms. The number of benzene rings is 1. The monoisotopic (exact) mass is 266 g/mol. The van der Waals surface area contributed by atoms with Crippen LogP contribution in [-0.4, -0.2) is 18.1 Å². The van der Waals surface area contributed by atoms with E-state index in [9.17, 15) is 18.1 Å².